The highest BCUT2D eigenvalue weighted by Crippen LogP contribution is 2.23. The molecule has 3 heteroatoms. The van der Waals surface area contributed by atoms with Crippen molar-refractivity contribution in [2.75, 3.05) is 11.4 Å². The lowest BCUT2D eigenvalue weighted by molar-refractivity contribution is 0.493. The molecule has 0 saturated heterocycles. The summed E-state index contributed by atoms with van der Waals surface area (Å²) in [7, 11) is 0. The van der Waals surface area contributed by atoms with E-state index in [4.69, 9.17) is 0 Å². The minimum atomic E-state index is 0.579. The van der Waals surface area contributed by atoms with Gasteiger partial charge in [-0.3, -0.25) is 0 Å². The lowest BCUT2D eigenvalue weighted by Gasteiger charge is -2.32. The van der Waals surface area contributed by atoms with E-state index in [0.29, 0.717) is 6.04 Å². The van der Waals surface area contributed by atoms with Gasteiger partial charge in [0.2, 0.25) is 0 Å². The van der Waals surface area contributed by atoms with Gasteiger partial charge < -0.3 is 4.90 Å². The highest BCUT2D eigenvalue weighted by atomic mass is 15.4. The van der Waals surface area contributed by atoms with Crippen molar-refractivity contribution in [3.05, 3.63) is 11.8 Å². The summed E-state index contributed by atoms with van der Waals surface area (Å²) < 4.78 is 2.12. The van der Waals surface area contributed by atoms with Crippen LogP contribution in [0.3, 0.4) is 0 Å². The Bertz CT molecular complexity index is 301. The Morgan fingerprint density at radius 2 is 2.15 bits per heavy atom. The zero-order chi connectivity index (χ0) is 9.42. The fourth-order valence-corrected chi connectivity index (χ4v) is 1.96. The fourth-order valence-electron chi connectivity index (χ4n) is 1.96. The van der Waals surface area contributed by atoms with Gasteiger partial charge in [-0.2, -0.15) is 5.10 Å². The van der Waals surface area contributed by atoms with Crippen molar-refractivity contribution in [2.45, 2.75) is 39.8 Å². The van der Waals surface area contributed by atoms with Gasteiger partial charge in [-0.25, -0.2) is 4.68 Å². The van der Waals surface area contributed by atoms with Gasteiger partial charge in [0.05, 0.1) is 5.69 Å². The summed E-state index contributed by atoms with van der Waals surface area (Å²) >= 11 is 0. The minimum absolute atomic E-state index is 0.579. The number of nitrogens with zero attached hydrogens (tertiary/aromatic N) is 3. The van der Waals surface area contributed by atoms with Crippen LogP contribution in [0.4, 0.5) is 5.82 Å². The van der Waals surface area contributed by atoms with E-state index in [-0.39, 0.29) is 0 Å². The van der Waals surface area contributed by atoms with E-state index >= 15 is 0 Å². The molecule has 0 saturated carbocycles. The number of hydrogen-bond donors (Lipinski definition) is 0. The third-order valence-electron chi connectivity index (χ3n) is 2.57. The second-order valence-electron chi connectivity index (χ2n) is 4.01. The molecule has 0 radical (unpaired) electrons. The Balaban J connectivity index is 2.36. The van der Waals surface area contributed by atoms with Crippen LogP contribution in [0.25, 0.3) is 0 Å². The molecular formula is C10H17N3. The van der Waals surface area contributed by atoms with E-state index in [2.05, 4.69) is 41.5 Å². The Kier molecular flexibility index (Phi) is 2.02. The van der Waals surface area contributed by atoms with Crippen LogP contribution in [0.5, 0.6) is 0 Å². The second-order valence-corrected chi connectivity index (χ2v) is 4.01. The molecule has 1 aromatic heterocycles. The van der Waals surface area contributed by atoms with Crippen LogP contribution in [0.2, 0.25) is 0 Å². The van der Waals surface area contributed by atoms with Gasteiger partial charge in [0, 0.05) is 25.2 Å². The molecule has 0 fully saturated rings. The number of hydrogen-bond acceptors (Lipinski definition) is 2. The lowest BCUT2D eigenvalue weighted by Crippen LogP contribution is -2.37. The zero-order valence-electron chi connectivity index (χ0n) is 8.62. The third-order valence-corrected chi connectivity index (χ3v) is 2.57. The standard InChI is InChI=1S/C10H17N3/c1-8(2)12-5-4-6-13-10(12)7-9(3)11-13/h7-8H,4-6H2,1-3H3. The SMILES string of the molecule is Cc1cc2n(n1)CCCN2C(C)C. The summed E-state index contributed by atoms with van der Waals surface area (Å²) in [6, 6.07) is 2.76. The van der Waals surface area contributed by atoms with Gasteiger partial charge in [-0.1, -0.05) is 0 Å². The first-order valence-electron chi connectivity index (χ1n) is 4.99. The average molecular weight is 179 g/mol. The summed E-state index contributed by atoms with van der Waals surface area (Å²) in [5, 5.41) is 4.46. The molecule has 1 aromatic rings. The Labute approximate surface area is 79.3 Å². The van der Waals surface area contributed by atoms with E-state index in [1.54, 1.807) is 0 Å². The molecule has 0 aromatic carbocycles. The first-order chi connectivity index (χ1) is 6.18. The lowest BCUT2D eigenvalue weighted by atomic mass is 10.2. The first kappa shape index (κ1) is 8.60. The van der Waals surface area contributed by atoms with Gasteiger partial charge in [0.15, 0.2) is 0 Å². The van der Waals surface area contributed by atoms with E-state index in [0.717, 1.165) is 12.2 Å². The molecule has 3 nitrogen and oxygen atoms in total. The molecule has 0 amide bonds. The van der Waals surface area contributed by atoms with Crippen LogP contribution >= 0.6 is 0 Å². The highest BCUT2D eigenvalue weighted by Gasteiger charge is 2.19. The van der Waals surface area contributed by atoms with Crippen molar-refractivity contribution in [1.29, 1.82) is 0 Å². The maximum atomic E-state index is 4.46. The number of aryl methyl sites for hydroxylation is 2. The summed E-state index contributed by atoms with van der Waals surface area (Å²) in [5.41, 5.74) is 1.13. The van der Waals surface area contributed by atoms with Crippen molar-refractivity contribution in [2.24, 2.45) is 0 Å². The third kappa shape index (κ3) is 1.43. The van der Waals surface area contributed by atoms with Crippen molar-refractivity contribution < 1.29 is 0 Å². The predicted octanol–water partition coefficient (Wildman–Crippen LogP) is 1.81. The molecule has 0 aliphatic carbocycles. The van der Waals surface area contributed by atoms with E-state index in [9.17, 15) is 0 Å². The first-order valence-corrected chi connectivity index (χ1v) is 4.99. The van der Waals surface area contributed by atoms with Gasteiger partial charge in [-0.15, -0.1) is 0 Å². The summed E-state index contributed by atoms with van der Waals surface area (Å²) in [5.74, 6) is 1.29. The second kappa shape index (κ2) is 3.05. The Morgan fingerprint density at radius 3 is 2.85 bits per heavy atom. The molecule has 1 aliphatic heterocycles. The van der Waals surface area contributed by atoms with Gasteiger partial charge in [-0.05, 0) is 27.2 Å². The van der Waals surface area contributed by atoms with Crippen molar-refractivity contribution in [3.63, 3.8) is 0 Å². The van der Waals surface area contributed by atoms with Crippen molar-refractivity contribution >= 4 is 5.82 Å². The molecule has 2 rings (SSSR count). The molecule has 1 aliphatic rings. The highest BCUT2D eigenvalue weighted by molar-refractivity contribution is 5.42. The monoisotopic (exact) mass is 179 g/mol. The van der Waals surface area contributed by atoms with Gasteiger partial charge in [0.25, 0.3) is 0 Å². The van der Waals surface area contributed by atoms with Crippen LogP contribution in [0.15, 0.2) is 6.07 Å². The van der Waals surface area contributed by atoms with E-state index in [1.807, 2.05) is 0 Å². The van der Waals surface area contributed by atoms with Crippen LogP contribution in [-0.2, 0) is 6.54 Å². The molecule has 0 spiro atoms. The van der Waals surface area contributed by atoms with Crippen molar-refractivity contribution in [1.82, 2.24) is 9.78 Å². The number of rotatable bonds is 1. The smallest absolute Gasteiger partial charge is 0.127 e. The molecule has 2 heterocycles. The number of fused-ring (bicyclic) bond motifs is 1. The van der Waals surface area contributed by atoms with Gasteiger partial charge in [0.1, 0.15) is 5.82 Å². The fraction of sp³-hybridized carbons (Fsp3) is 0.700. The van der Waals surface area contributed by atoms with Gasteiger partial charge >= 0.3 is 0 Å². The van der Waals surface area contributed by atoms with E-state index in [1.165, 1.54) is 18.8 Å². The van der Waals surface area contributed by atoms with Crippen LogP contribution < -0.4 is 4.90 Å². The number of aromatic nitrogens is 2. The summed E-state index contributed by atoms with van der Waals surface area (Å²) in [4.78, 5) is 2.42. The van der Waals surface area contributed by atoms with Crippen LogP contribution in [0.1, 0.15) is 26.0 Å². The zero-order valence-corrected chi connectivity index (χ0v) is 8.62. The average Bonchev–Trinajstić information content (AvgIpc) is 2.43. The largest absolute Gasteiger partial charge is 0.354 e. The topological polar surface area (TPSA) is 21.1 Å². The Hall–Kier alpha value is -0.990. The molecule has 13 heavy (non-hydrogen) atoms. The number of anilines is 1. The quantitative estimate of drug-likeness (QED) is 0.655. The minimum Gasteiger partial charge on any atom is -0.354 e. The van der Waals surface area contributed by atoms with Crippen LogP contribution in [0, 0.1) is 6.92 Å². The summed E-state index contributed by atoms with van der Waals surface area (Å²) in [6.45, 7) is 8.77. The molecule has 0 unspecified atom stereocenters. The molecular weight excluding hydrogens is 162 g/mol. The molecule has 72 valence electrons. The maximum Gasteiger partial charge on any atom is 0.127 e. The molecule has 0 atom stereocenters. The van der Waals surface area contributed by atoms with Crippen LogP contribution in [-0.4, -0.2) is 22.4 Å². The Morgan fingerprint density at radius 1 is 1.38 bits per heavy atom. The maximum absolute atomic E-state index is 4.46. The van der Waals surface area contributed by atoms with Crippen molar-refractivity contribution in [3.8, 4) is 0 Å². The predicted molar refractivity (Wildman–Crippen MR) is 54.1 cm³/mol. The van der Waals surface area contributed by atoms with E-state index < -0.39 is 0 Å². The molecule has 0 bridgehead atoms. The molecule has 0 N–H and O–H groups in total. The summed E-state index contributed by atoms with van der Waals surface area (Å²) in [6.07, 6.45) is 1.21. The normalized spacial score (nSPS) is 16.5.